The van der Waals surface area contributed by atoms with E-state index in [9.17, 15) is 9.59 Å². The van der Waals surface area contributed by atoms with Crippen molar-refractivity contribution in [2.75, 3.05) is 26.2 Å². The second-order valence-electron chi connectivity index (χ2n) is 16.1. The summed E-state index contributed by atoms with van der Waals surface area (Å²) < 4.78 is 0. The van der Waals surface area contributed by atoms with E-state index < -0.39 is 0 Å². The molecule has 0 aromatic rings. The first-order valence-electron chi connectivity index (χ1n) is 16.9. The van der Waals surface area contributed by atoms with E-state index in [4.69, 9.17) is 11.6 Å². The lowest BCUT2D eigenvalue weighted by Crippen LogP contribution is -2.55. The number of hydrogen-bond donors (Lipinski definition) is 1. The summed E-state index contributed by atoms with van der Waals surface area (Å²) in [6, 6.07) is 0. The number of carbonyl (C=O) groups is 2. The van der Waals surface area contributed by atoms with Gasteiger partial charge in [-0.15, -0.1) is 0 Å². The molecule has 5 heteroatoms. The summed E-state index contributed by atoms with van der Waals surface area (Å²) in [5, 5.41) is 3.30. The lowest BCUT2D eigenvalue weighted by molar-refractivity contribution is -0.159. The van der Waals surface area contributed by atoms with E-state index in [1.165, 1.54) is 96.6 Å². The van der Waals surface area contributed by atoms with Crippen LogP contribution < -0.4 is 5.32 Å². The van der Waals surface area contributed by atoms with Gasteiger partial charge in [-0.25, -0.2) is 0 Å². The second-order valence-corrected chi connectivity index (χ2v) is 16.5. The number of nitrogens with zero attached hydrogens (tertiary/aromatic N) is 1. The average molecular weight is 575 g/mol. The number of carbonyl (C=O) groups excluding carboxylic acids is 2. The molecule has 1 amide bonds. The molecule has 8 aliphatic carbocycles. The zero-order valence-electron chi connectivity index (χ0n) is 24.9. The number of hydrogen-bond acceptors (Lipinski definition) is 3. The van der Waals surface area contributed by atoms with Crippen LogP contribution in [0.1, 0.15) is 124 Å². The first-order valence-corrected chi connectivity index (χ1v) is 17.3. The SMILES string of the molecule is C.CC1CCCN(C(=O)C23CC4CC(CC(C4)C2)C3)C1.CC1CCCNC1.O=C(Cl)C12CC3CC(CC(C3)C1)C2. The molecule has 2 atom stereocenters. The van der Waals surface area contributed by atoms with Gasteiger partial charge in [0, 0.05) is 18.5 Å². The van der Waals surface area contributed by atoms with Gasteiger partial charge < -0.3 is 10.2 Å². The highest BCUT2D eigenvalue weighted by molar-refractivity contribution is 6.64. The van der Waals surface area contributed by atoms with Crippen LogP contribution in [0.4, 0.5) is 0 Å². The van der Waals surface area contributed by atoms with Gasteiger partial charge in [0.25, 0.3) is 0 Å². The highest BCUT2D eigenvalue weighted by Crippen LogP contribution is 2.61. The molecule has 10 aliphatic rings. The molecule has 40 heavy (non-hydrogen) atoms. The lowest BCUT2D eigenvalue weighted by Gasteiger charge is -2.57. The van der Waals surface area contributed by atoms with Gasteiger partial charge in [0.05, 0.1) is 5.41 Å². The van der Waals surface area contributed by atoms with Gasteiger partial charge >= 0.3 is 0 Å². The van der Waals surface area contributed by atoms with Gasteiger partial charge in [0.1, 0.15) is 0 Å². The van der Waals surface area contributed by atoms with Crippen molar-refractivity contribution in [1.82, 2.24) is 10.2 Å². The Kier molecular flexibility index (Phi) is 9.68. The normalized spacial score (nSPS) is 45.9. The zero-order chi connectivity index (χ0) is 27.2. The Hall–Kier alpha value is -0.610. The number of halogens is 1. The molecule has 8 bridgehead atoms. The summed E-state index contributed by atoms with van der Waals surface area (Å²) in [4.78, 5) is 26.8. The van der Waals surface area contributed by atoms with Crippen LogP contribution in [0.5, 0.6) is 0 Å². The van der Waals surface area contributed by atoms with Crippen LogP contribution in [0, 0.1) is 58.2 Å². The predicted molar refractivity (Wildman–Crippen MR) is 165 cm³/mol. The molecule has 2 heterocycles. The van der Waals surface area contributed by atoms with Gasteiger partial charge in [-0.3, -0.25) is 9.59 Å². The van der Waals surface area contributed by atoms with Gasteiger partial charge in [-0.05, 0) is 175 Å². The Labute approximate surface area is 250 Å². The number of nitrogens with one attached hydrogen (secondary N) is 1. The van der Waals surface area contributed by atoms with Crippen molar-refractivity contribution in [3.8, 4) is 0 Å². The van der Waals surface area contributed by atoms with E-state index in [-0.39, 0.29) is 23.5 Å². The van der Waals surface area contributed by atoms with E-state index >= 15 is 0 Å². The number of likely N-dealkylation sites (tertiary alicyclic amines) is 1. The Morgan fingerprint density at radius 1 is 0.700 bits per heavy atom. The number of amides is 1. The number of piperidine rings is 2. The summed E-state index contributed by atoms with van der Waals surface area (Å²) in [6.45, 7) is 9.14. The van der Waals surface area contributed by atoms with E-state index in [1.54, 1.807) is 0 Å². The predicted octanol–water partition coefficient (Wildman–Crippen LogP) is 8.07. The van der Waals surface area contributed by atoms with Crippen LogP contribution in [-0.4, -0.2) is 42.2 Å². The summed E-state index contributed by atoms with van der Waals surface area (Å²) in [7, 11) is 0. The fourth-order valence-corrected chi connectivity index (χ4v) is 11.7. The minimum absolute atomic E-state index is 0. The fourth-order valence-electron chi connectivity index (χ4n) is 11.5. The maximum atomic E-state index is 13.1. The molecule has 1 N–H and O–H groups in total. The third kappa shape index (κ3) is 6.48. The molecule has 0 radical (unpaired) electrons. The Morgan fingerprint density at radius 2 is 1.15 bits per heavy atom. The van der Waals surface area contributed by atoms with Crippen molar-refractivity contribution in [3.63, 3.8) is 0 Å². The van der Waals surface area contributed by atoms with E-state index in [1.807, 2.05) is 0 Å². The van der Waals surface area contributed by atoms with Crippen LogP contribution >= 0.6 is 11.6 Å². The van der Waals surface area contributed by atoms with Gasteiger partial charge in [0.2, 0.25) is 11.1 Å². The highest BCUT2D eigenvalue weighted by atomic mass is 35.5. The maximum Gasteiger partial charge on any atom is 0.228 e. The van der Waals surface area contributed by atoms with Crippen molar-refractivity contribution >= 4 is 22.8 Å². The third-order valence-corrected chi connectivity index (χ3v) is 12.8. The highest BCUT2D eigenvalue weighted by Gasteiger charge is 2.56. The van der Waals surface area contributed by atoms with Crippen molar-refractivity contribution in [2.24, 2.45) is 58.2 Å². The molecule has 0 aromatic carbocycles. The molecular weight excluding hydrogens is 516 g/mol. The maximum absolute atomic E-state index is 13.1. The summed E-state index contributed by atoms with van der Waals surface area (Å²) in [5.41, 5.74) is 0.0160. The number of rotatable bonds is 2. The van der Waals surface area contributed by atoms with Gasteiger partial charge in [0.15, 0.2) is 0 Å². The molecule has 0 aromatic heterocycles. The smallest absolute Gasteiger partial charge is 0.228 e. The Morgan fingerprint density at radius 3 is 1.50 bits per heavy atom. The van der Waals surface area contributed by atoms with Crippen molar-refractivity contribution < 1.29 is 9.59 Å². The quantitative estimate of drug-likeness (QED) is 0.339. The van der Waals surface area contributed by atoms with Gasteiger partial charge in [-0.1, -0.05) is 21.3 Å². The van der Waals surface area contributed by atoms with Crippen LogP contribution in [0.2, 0.25) is 0 Å². The molecule has 0 spiro atoms. The standard InChI is InChI=1S/C17H27NO.C11H15ClO.C6H13N.CH4/c1-12-3-2-4-18(11-12)16(19)17-8-13-5-14(9-17)7-15(6-13)10-17;12-10(13)11-4-7-1-8(5-11)3-9(2-7)6-11;1-6-3-2-4-7-5-6;/h12-15H,2-11H2,1H3;7-9H,1-6H2;6-7H,2-5H2,1H3;1H4. The van der Waals surface area contributed by atoms with Crippen molar-refractivity contribution in [2.45, 2.75) is 124 Å². The first kappa shape index (κ1) is 30.8. The Balaban J connectivity index is 0.000000133. The minimum Gasteiger partial charge on any atom is -0.342 e. The third-order valence-electron chi connectivity index (χ3n) is 12.4. The lowest BCUT2D eigenvalue weighted by atomic mass is 9.49. The largest absolute Gasteiger partial charge is 0.342 e. The van der Waals surface area contributed by atoms with E-state index in [2.05, 4.69) is 24.1 Å². The molecular formula is C35H59ClN2O2. The molecule has 228 valence electrons. The molecule has 8 saturated carbocycles. The van der Waals surface area contributed by atoms with E-state index in [0.717, 1.165) is 73.8 Å². The second kappa shape index (κ2) is 12.6. The monoisotopic (exact) mass is 574 g/mol. The molecule has 2 aliphatic heterocycles. The van der Waals surface area contributed by atoms with E-state index in [0.29, 0.717) is 11.8 Å². The van der Waals surface area contributed by atoms with Crippen molar-refractivity contribution in [3.05, 3.63) is 0 Å². The summed E-state index contributed by atoms with van der Waals surface area (Å²) in [5.74, 6) is 7.34. The van der Waals surface area contributed by atoms with Crippen LogP contribution in [0.3, 0.4) is 0 Å². The van der Waals surface area contributed by atoms with Crippen LogP contribution in [0.15, 0.2) is 0 Å². The summed E-state index contributed by atoms with van der Waals surface area (Å²) >= 11 is 5.76. The summed E-state index contributed by atoms with van der Waals surface area (Å²) in [6.07, 6.45) is 20.7. The van der Waals surface area contributed by atoms with Crippen molar-refractivity contribution in [1.29, 1.82) is 0 Å². The molecule has 2 unspecified atom stereocenters. The molecule has 10 rings (SSSR count). The van der Waals surface area contributed by atoms with Crippen LogP contribution in [-0.2, 0) is 9.59 Å². The molecule has 2 saturated heterocycles. The molecule has 10 fully saturated rings. The van der Waals surface area contributed by atoms with Crippen LogP contribution in [0.25, 0.3) is 0 Å². The fraction of sp³-hybridized carbons (Fsp3) is 0.943. The zero-order valence-corrected chi connectivity index (χ0v) is 25.7. The average Bonchev–Trinajstić information content (AvgIpc) is 2.88. The minimum atomic E-state index is -0.0731. The topological polar surface area (TPSA) is 49.4 Å². The van der Waals surface area contributed by atoms with Gasteiger partial charge in [-0.2, -0.15) is 0 Å². The Bertz CT molecular complexity index is 825. The first-order chi connectivity index (χ1) is 18.7. The molecule has 4 nitrogen and oxygen atoms in total.